The molecule has 0 bridgehead atoms. The van der Waals surface area contributed by atoms with Crippen molar-refractivity contribution in [2.75, 3.05) is 6.54 Å². The summed E-state index contributed by atoms with van der Waals surface area (Å²) >= 11 is 0. The number of nitrogens with two attached hydrogens (primary N) is 1. The maximum absolute atomic E-state index is 9.52. The van der Waals surface area contributed by atoms with Gasteiger partial charge in [0.2, 0.25) is 0 Å². The second-order valence-corrected chi connectivity index (χ2v) is 0.659. The van der Waals surface area contributed by atoms with Gasteiger partial charge in [0.1, 0.15) is 0 Å². The molecule has 0 amide bonds. The Hall–Kier alpha value is -0.610. The van der Waals surface area contributed by atoms with E-state index in [1.165, 1.54) is 0 Å². The Bertz CT molecular complexity index is 46.8. The summed E-state index contributed by atoms with van der Waals surface area (Å²) in [4.78, 5) is 12.4. The summed E-state index contributed by atoms with van der Waals surface area (Å²) in [6.07, 6.45) is 0. The molecule has 4 nitrogen and oxygen atoms in total. The molecule has 4 heteroatoms. The smallest absolute Gasteiger partial charge is 0.321 e. The van der Waals surface area contributed by atoms with Gasteiger partial charge in [-0.05, 0) is 0 Å². The Kier molecular flexibility index (Phi) is 2.35. The third kappa shape index (κ3) is 1.68. The summed E-state index contributed by atoms with van der Waals surface area (Å²) in [7, 11) is 0. The van der Waals surface area contributed by atoms with E-state index in [4.69, 9.17) is 5.26 Å². The lowest BCUT2D eigenvalue weighted by atomic mass is 10.7. The van der Waals surface area contributed by atoms with Crippen LogP contribution in [0.25, 0.3) is 0 Å². The Labute approximate surface area is 34.4 Å². The van der Waals surface area contributed by atoms with E-state index in [1.54, 1.807) is 0 Å². The molecule has 0 aliphatic rings. The predicted octanol–water partition coefficient (Wildman–Crippen LogP) is -1.17. The number of rotatable bonds is 1. The van der Waals surface area contributed by atoms with Gasteiger partial charge in [0, 0.05) is 5.26 Å². The number of hydrogen-bond donors (Lipinski definition) is 1. The fraction of sp³-hybridized carbons (Fsp3) is 0.500. The SMILES string of the molecule is NCC(=O)O[O]. The first kappa shape index (κ1) is 5.39. The molecule has 1 radical (unpaired) electrons. The molecule has 0 atom stereocenters. The molecule has 6 heavy (non-hydrogen) atoms. The van der Waals surface area contributed by atoms with Crippen LogP contribution in [0, 0.1) is 0 Å². The lowest BCUT2D eigenvalue weighted by molar-refractivity contribution is -0.276. The molecule has 0 spiro atoms. The van der Waals surface area contributed by atoms with Crippen LogP contribution in [-0.2, 0) is 14.9 Å². The standard InChI is InChI=1S/C2H4NO3/c3-1-2(4)6-5/h1,3H2. The molecule has 0 rings (SSSR count). The Morgan fingerprint density at radius 1 is 1.83 bits per heavy atom. The number of hydrogen-bond acceptors (Lipinski definition) is 3. The van der Waals surface area contributed by atoms with Crippen LogP contribution >= 0.6 is 0 Å². The Morgan fingerprint density at radius 3 is 2.33 bits per heavy atom. The largest absolute Gasteiger partial charge is 0.359 e. The van der Waals surface area contributed by atoms with Gasteiger partial charge in [0.05, 0.1) is 6.54 Å². The zero-order valence-corrected chi connectivity index (χ0v) is 3.01. The van der Waals surface area contributed by atoms with Crippen molar-refractivity contribution in [3.05, 3.63) is 0 Å². The van der Waals surface area contributed by atoms with Gasteiger partial charge >= 0.3 is 5.97 Å². The van der Waals surface area contributed by atoms with E-state index in [-0.39, 0.29) is 6.54 Å². The van der Waals surface area contributed by atoms with Crippen molar-refractivity contribution in [2.24, 2.45) is 5.73 Å². The minimum Gasteiger partial charge on any atom is -0.321 e. The van der Waals surface area contributed by atoms with Gasteiger partial charge in [-0.1, -0.05) is 0 Å². The van der Waals surface area contributed by atoms with E-state index in [9.17, 15) is 4.79 Å². The minimum atomic E-state index is -0.935. The van der Waals surface area contributed by atoms with E-state index in [1.807, 2.05) is 0 Å². The Morgan fingerprint density at radius 2 is 2.33 bits per heavy atom. The molecule has 0 aliphatic carbocycles. The van der Waals surface area contributed by atoms with Crippen molar-refractivity contribution in [3.8, 4) is 0 Å². The van der Waals surface area contributed by atoms with Gasteiger partial charge in [0.15, 0.2) is 0 Å². The second kappa shape index (κ2) is 2.62. The highest BCUT2D eigenvalue weighted by Crippen LogP contribution is 1.61. The van der Waals surface area contributed by atoms with Crippen molar-refractivity contribution in [1.29, 1.82) is 0 Å². The zero-order valence-electron chi connectivity index (χ0n) is 3.01. The average molecular weight is 90.1 g/mol. The fourth-order valence-corrected chi connectivity index (χ4v) is 0.0340. The predicted molar refractivity (Wildman–Crippen MR) is 15.8 cm³/mol. The maximum Gasteiger partial charge on any atom is 0.359 e. The average Bonchev–Trinajstić information content (AvgIpc) is 1.65. The van der Waals surface area contributed by atoms with Gasteiger partial charge in [-0.2, -0.15) is 0 Å². The van der Waals surface area contributed by atoms with E-state index >= 15 is 0 Å². The van der Waals surface area contributed by atoms with E-state index in [0.717, 1.165) is 0 Å². The molecule has 0 aromatic carbocycles. The highest BCUT2D eigenvalue weighted by atomic mass is 17.1. The molecule has 0 unspecified atom stereocenters. The summed E-state index contributed by atoms with van der Waals surface area (Å²) in [5, 5.41) is 8.93. The third-order valence-corrected chi connectivity index (χ3v) is 0.260. The molecule has 35 valence electrons. The van der Waals surface area contributed by atoms with Crippen molar-refractivity contribution in [2.45, 2.75) is 0 Å². The van der Waals surface area contributed by atoms with E-state index in [0.29, 0.717) is 0 Å². The molecule has 0 saturated carbocycles. The van der Waals surface area contributed by atoms with E-state index in [2.05, 4.69) is 10.6 Å². The van der Waals surface area contributed by atoms with Gasteiger partial charge in [0.25, 0.3) is 0 Å². The summed E-state index contributed by atoms with van der Waals surface area (Å²) < 4.78 is 0. The summed E-state index contributed by atoms with van der Waals surface area (Å²) in [6.45, 7) is -0.344. The van der Waals surface area contributed by atoms with Crippen molar-refractivity contribution >= 4 is 5.97 Å². The van der Waals surface area contributed by atoms with Gasteiger partial charge in [-0.15, -0.1) is 0 Å². The van der Waals surface area contributed by atoms with Crippen LogP contribution in [0.2, 0.25) is 0 Å². The lowest BCUT2D eigenvalue weighted by Crippen LogP contribution is -2.13. The van der Waals surface area contributed by atoms with Crippen LogP contribution < -0.4 is 5.73 Å². The van der Waals surface area contributed by atoms with Crippen molar-refractivity contribution < 1.29 is 14.9 Å². The first-order chi connectivity index (χ1) is 2.81. The molecule has 0 fully saturated rings. The number of carbonyl (C=O) groups is 1. The van der Waals surface area contributed by atoms with Gasteiger partial charge in [-0.25, -0.2) is 4.79 Å². The molecule has 0 heterocycles. The monoisotopic (exact) mass is 90.0 g/mol. The summed E-state index contributed by atoms with van der Waals surface area (Å²) in [5.41, 5.74) is 4.61. The van der Waals surface area contributed by atoms with Crippen molar-refractivity contribution in [1.82, 2.24) is 0 Å². The van der Waals surface area contributed by atoms with Gasteiger partial charge < -0.3 is 5.73 Å². The highest BCUT2D eigenvalue weighted by Gasteiger charge is 1.92. The Balaban J connectivity index is 2.99. The normalized spacial score (nSPS) is 7.67. The molecular weight excluding hydrogens is 86.0 g/mol. The minimum absolute atomic E-state index is 0.344. The van der Waals surface area contributed by atoms with Crippen LogP contribution in [0.4, 0.5) is 0 Å². The first-order valence-electron chi connectivity index (χ1n) is 1.34. The quantitative estimate of drug-likeness (QED) is 0.326. The van der Waals surface area contributed by atoms with Crippen LogP contribution in [0.1, 0.15) is 0 Å². The van der Waals surface area contributed by atoms with Crippen LogP contribution in [0.15, 0.2) is 0 Å². The lowest BCUT2D eigenvalue weighted by Gasteiger charge is -1.80. The van der Waals surface area contributed by atoms with Crippen LogP contribution in [0.5, 0.6) is 0 Å². The maximum atomic E-state index is 9.52. The molecular formula is C2H4NO3. The zero-order chi connectivity index (χ0) is 4.99. The summed E-state index contributed by atoms with van der Waals surface area (Å²) in [6, 6.07) is 0. The molecule has 0 saturated heterocycles. The first-order valence-corrected chi connectivity index (χ1v) is 1.34. The molecule has 0 aromatic rings. The topological polar surface area (TPSA) is 72.2 Å². The molecule has 2 N–H and O–H groups in total. The molecule has 0 aromatic heterocycles. The van der Waals surface area contributed by atoms with Crippen LogP contribution in [-0.4, -0.2) is 12.5 Å². The van der Waals surface area contributed by atoms with Crippen LogP contribution in [0.3, 0.4) is 0 Å². The van der Waals surface area contributed by atoms with Gasteiger partial charge in [-0.3, -0.25) is 4.89 Å². The fourth-order valence-electron chi connectivity index (χ4n) is 0.0340. The van der Waals surface area contributed by atoms with E-state index < -0.39 is 5.97 Å². The highest BCUT2D eigenvalue weighted by molar-refractivity contribution is 5.70. The third-order valence-electron chi connectivity index (χ3n) is 0.260. The molecule has 0 aliphatic heterocycles. The summed E-state index contributed by atoms with van der Waals surface area (Å²) in [5.74, 6) is -0.935. The second-order valence-electron chi connectivity index (χ2n) is 0.659. The van der Waals surface area contributed by atoms with Crippen molar-refractivity contribution in [3.63, 3.8) is 0 Å². The number of carbonyl (C=O) groups excluding carboxylic acids is 1.